The number of amides is 1. The second kappa shape index (κ2) is 4.84. The molecule has 1 aliphatic carbocycles. The monoisotopic (exact) mass is 252 g/mol. The Balaban J connectivity index is 1.78. The lowest BCUT2D eigenvalue weighted by molar-refractivity contribution is 0.102. The number of pyridine rings is 1. The van der Waals surface area contributed by atoms with Crippen LogP contribution in [0, 0.1) is 6.92 Å². The summed E-state index contributed by atoms with van der Waals surface area (Å²) < 4.78 is 0. The van der Waals surface area contributed by atoms with Gasteiger partial charge in [-0.3, -0.25) is 9.78 Å². The normalized spacial score (nSPS) is 13.1. The molecule has 0 saturated carbocycles. The highest BCUT2D eigenvalue weighted by Gasteiger charge is 2.13. The summed E-state index contributed by atoms with van der Waals surface area (Å²) in [6, 6.07) is 9.75. The van der Waals surface area contributed by atoms with E-state index in [0.29, 0.717) is 0 Å². The molecule has 96 valence electrons. The quantitative estimate of drug-likeness (QED) is 0.892. The highest BCUT2D eigenvalue weighted by Crippen LogP contribution is 2.23. The summed E-state index contributed by atoms with van der Waals surface area (Å²) in [6.07, 6.45) is 5.10. The predicted molar refractivity (Wildman–Crippen MR) is 75.4 cm³/mol. The maximum absolute atomic E-state index is 12.2. The second-order valence-electron chi connectivity index (χ2n) is 4.98. The molecule has 0 fully saturated rings. The van der Waals surface area contributed by atoms with Crippen LogP contribution in [0.5, 0.6) is 0 Å². The zero-order valence-electron chi connectivity index (χ0n) is 10.9. The molecule has 3 heteroatoms. The van der Waals surface area contributed by atoms with Crippen molar-refractivity contribution in [1.82, 2.24) is 4.98 Å². The first kappa shape index (κ1) is 11.9. The van der Waals surface area contributed by atoms with Crippen LogP contribution in [0.25, 0.3) is 0 Å². The third kappa shape index (κ3) is 2.50. The van der Waals surface area contributed by atoms with E-state index in [9.17, 15) is 4.79 Å². The zero-order valence-corrected chi connectivity index (χ0v) is 10.9. The molecule has 3 nitrogen and oxygen atoms in total. The fraction of sp³-hybridized carbons (Fsp3) is 0.250. The zero-order chi connectivity index (χ0) is 13.2. The molecule has 2 aromatic rings. The van der Waals surface area contributed by atoms with E-state index in [2.05, 4.69) is 16.4 Å². The smallest absolute Gasteiger partial charge is 0.255 e. The van der Waals surface area contributed by atoms with Crippen LogP contribution in [-0.2, 0) is 12.8 Å². The average Bonchev–Trinajstić information content (AvgIpc) is 2.88. The lowest BCUT2D eigenvalue weighted by Crippen LogP contribution is -2.12. The number of carbonyl (C=O) groups is 1. The molecule has 0 unspecified atom stereocenters. The SMILES string of the molecule is Cc1ccc(NC(=O)c2ccc3c(c2)CCC3)cn1. The van der Waals surface area contributed by atoms with Crippen LogP contribution in [-0.4, -0.2) is 10.9 Å². The Hall–Kier alpha value is -2.16. The summed E-state index contributed by atoms with van der Waals surface area (Å²) in [4.78, 5) is 16.3. The van der Waals surface area contributed by atoms with Crippen LogP contribution in [0.1, 0.15) is 33.6 Å². The van der Waals surface area contributed by atoms with Crippen LogP contribution in [0.2, 0.25) is 0 Å². The lowest BCUT2D eigenvalue weighted by atomic mass is 10.1. The Morgan fingerprint density at radius 3 is 2.79 bits per heavy atom. The van der Waals surface area contributed by atoms with Crippen molar-refractivity contribution in [2.75, 3.05) is 5.32 Å². The first-order chi connectivity index (χ1) is 9.22. The number of rotatable bonds is 2. The average molecular weight is 252 g/mol. The van der Waals surface area contributed by atoms with Crippen molar-refractivity contribution in [3.63, 3.8) is 0 Å². The molecule has 1 N–H and O–H groups in total. The number of aromatic nitrogens is 1. The molecule has 1 heterocycles. The summed E-state index contributed by atoms with van der Waals surface area (Å²) in [5.41, 5.74) is 5.09. The van der Waals surface area contributed by atoms with Crippen molar-refractivity contribution in [2.45, 2.75) is 26.2 Å². The summed E-state index contributed by atoms with van der Waals surface area (Å²) in [5, 5.41) is 2.88. The third-order valence-corrected chi connectivity index (χ3v) is 3.53. The minimum absolute atomic E-state index is 0.0691. The molecule has 1 aromatic carbocycles. The van der Waals surface area contributed by atoms with Gasteiger partial charge in [-0.25, -0.2) is 0 Å². The molecule has 3 rings (SSSR count). The van der Waals surface area contributed by atoms with Gasteiger partial charge in [0.05, 0.1) is 11.9 Å². The first-order valence-corrected chi connectivity index (χ1v) is 6.58. The van der Waals surface area contributed by atoms with E-state index < -0.39 is 0 Å². The van der Waals surface area contributed by atoms with Crippen molar-refractivity contribution in [1.29, 1.82) is 0 Å². The van der Waals surface area contributed by atoms with Crippen molar-refractivity contribution in [2.24, 2.45) is 0 Å². The van der Waals surface area contributed by atoms with Gasteiger partial charge in [-0.2, -0.15) is 0 Å². The molecule has 1 amide bonds. The lowest BCUT2D eigenvalue weighted by Gasteiger charge is -2.07. The van der Waals surface area contributed by atoms with Gasteiger partial charge in [0.25, 0.3) is 5.91 Å². The Bertz CT molecular complexity index is 617. The minimum atomic E-state index is -0.0691. The van der Waals surface area contributed by atoms with E-state index in [-0.39, 0.29) is 5.91 Å². The molecule has 0 spiro atoms. The van der Waals surface area contributed by atoms with Gasteiger partial charge in [-0.05, 0) is 61.6 Å². The number of fused-ring (bicyclic) bond motifs is 1. The van der Waals surface area contributed by atoms with E-state index in [1.54, 1.807) is 6.20 Å². The summed E-state index contributed by atoms with van der Waals surface area (Å²) in [7, 11) is 0. The minimum Gasteiger partial charge on any atom is -0.321 e. The van der Waals surface area contributed by atoms with Gasteiger partial charge in [-0.1, -0.05) is 6.07 Å². The topological polar surface area (TPSA) is 42.0 Å². The van der Waals surface area contributed by atoms with E-state index >= 15 is 0 Å². The van der Waals surface area contributed by atoms with Gasteiger partial charge in [0, 0.05) is 11.3 Å². The Labute approximate surface area is 112 Å². The number of benzene rings is 1. The van der Waals surface area contributed by atoms with Gasteiger partial charge in [0.1, 0.15) is 0 Å². The predicted octanol–water partition coefficient (Wildman–Crippen LogP) is 3.13. The van der Waals surface area contributed by atoms with Gasteiger partial charge < -0.3 is 5.32 Å². The van der Waals surface area contributed by atoms with E-state index in [4.69, 9.17) is 0 Å². The molecule has 0 saturated heterocycles. The van der Waals surface area contributed by atoms with Gasteiger partial charge >= 0.3 is 0 Å². The van der Waals surface area contributed by atoms with Crippen LogP contribution < -0.4 is 5.32 Å². The maximum atomic E-state index is 12.2. The number of anilines is 1. The van der Waals surface area contributed by atoms with Crippen molar-refractivity contribution in [3.8, 4) is 0 Å². The Kier molecular flexibility index (Phi) is 3.03. The molecular formula is C16H16N2O. The maximum Gasteiger partial charge on any atom is 0.255 e. The number of carbonyl (C=O) groups excluding carboxylic acids is 1. The second-order valence-corrected chi connectivity index (χ2v) is 4.98. The van der Waals surface area contributed by atoms with Gasteiger partial charge in [0.15, 0.2) is 0 Å². The van der Waals surface area contributed by atoms with Crippen LogP contribution in [0.3, 0.4) is 0 Å². The van der Waals surface area contributed by atoms with Crippen molar-refractivity contribution < 1.29 is 4.79 Å². The van der Waals surface area contributed by atoms with E-state index in [1.165, 1.54) is 17.5 Å². The Morgan fingerprint density at radius 1 is 1.16 bits per heavy atom. The summed E-state index contributed by atoms with van der Waals surface area (Å²) in [5.74, 6) is -0.0691. The van der Waals surface area contributed by atoms with Crippen molar-refractivity contribution >= 4 is 11.6 Å². The van der Waals surface area contributed by atoms with Crippen LogP contribution >= 0.6 is 0 Å². The number of hydrogen-bond acceptors (Lipinski definition) is 2. The number of hydrogen-bond donors (Lipinski definition) is 1. The number of nitrogens with one attached hydrogen (secondary N) is 1. The van der Waals surface area contributed by atoms with Crippen LogP contribution in [0.15, 0.2) is 36.5 Å². The summed E-state index contributed by atoms with van der Waals surface area (Å²) in [6.45, 7) is 1.92. The Morgan fingerprint density at radius 2 is 2.00 bits per heavy atom. The highest BCUT2D eigenvalue weighted by molar-refractivity contribution is 6.04. The standard InChI is InChI=1S/C16H16N2O/c1-11-5-8-15(10-17-11)18-16(19)14-7-6-12-3-2-4-13(12)9-14/h5-10H,2-4H2,1H3,(H,18,19). The molecule has 0 radical (unpaired) electrons. The van der Waals surface area contributed by atoms with E-state index in [0.717, 1.165) is 29.8 Å². The first-order valence-electron chi connectivity index (χ1n) is 6.58. The fourth-order valence-electron chi connectivity index (χ4n) is 2.46. The number of nitrogens with zero attached hydrogens (tertiary/aromatic N) is 1. The number of aryl methyl sites for hydroxylation is 3. The van der Waals surface area contributed by atoms with E-state index in [1.807, 2.05) is 31.2 Å². The van der Waals surface area contributed by atoms with Gasteiger partial charge in [0.2, 0.25) is 0 Å². The third-order valence-electron chi connectivity index (χ3n) is 3.53. The largest absolute Gasteiger partial charge is 0.321 e. The molecule has 0 atom stereocenters. The molecule has 0 aliphatic heterocycles. The van der Waals surface area contributed by atoms with Crippen LogP contribution in [0.4, 0.5) is 5.69 Å². The fourth-order valence-corrected chi connectivity index (χ4v) is 2.46. The molecular weight excluding hydrogens is 236 g/mol. The highest BCUT2D eigenvalue weighted by atomic mass is 16.1. The molecule has 1 aliphatic rings. The molecule has 0 bridgehead atoms. The molecule has 1 aromatic heterocycles. The molecule has 19 heavy (non-hydrogen) atoms. The van der Waals surface area contributed by atoms with Gasteiger partial charge in [-0.15, -0.1) is 0 Å². The summed E-state index contributed by atoms with van der Waals surface area (Å²) >= 11 is 0. The van der Waals surface area contributed by atoms with Crippen molar-refractivity contribution in [3.05, 3.63) is 58.9 Å².